The molecule has 0 fully saturated rings. The molecule has 0 unspecified atom stereocenters. The van der Waals surface area contributed by atoms with E-state index in [2.05, 4.69) is 0 Å². The van der Waals surface area contributed by atoms with E-state index in [9.17, 15) is 52.7 Å². The first-order valence-electron chi connectivity index (χ1n) is 11.6. The summed E-state index contributed by atoms with van der Waals surface area (Å²) in [4.78, 5) is 0. The van der Waals surface area contributed by atoms with Crippen molar-refractivity contribution in [2.45, 2.75) is 31.1 Å². The summed E-state index contributed by atoms with van der Waals surface area (Å²) in [5, 5.41) is 0. The van der Waals surface area contributed by atoms with Crippen molar-refractivity contribution in [1.82, 2.24) is 0 Å². The van der Waals surface area contributed by atoms with Crippen molar-refractivity contribution in [3.05, 3.63) is 118 Å². The Labute approximate surface area is 224 Å². The molecule has 0 saturated heterocycles. The molecule has 0 N–H and O–H groups in total. The molecule has 0 aromatic heterocycles. The van der Waals surface area contributed by atoms with Gasteiger partial charge in [0.25, 0.3) is 0 Å². The molecule has 0 saturated carbocycles. The van der Waals surface area contributed by atoms with Crippen molar-refractivity contribution < 1.29 is 52.7 Å². The predicted octanol–water partition coefficient (Wildman–Crippen LogP) is 10.7. The van der Waals surface area contributed by atoms with E-state index < -0.39 is 75.6 Å². The third-order valence-corrected chi connectivity index (χ3v) is 6.29. The van der Waals surface area contributed by atoms with Gasteiger partial charge in [-0.2, -0.15) is 52.7 Å². The SMILES string of the molecule is FC(F)(F)c1cc(-c2ccccc2)cc(C(F)(F)F)c1Cc1c(C(F)(F)F)cc(-c2ccccc2)cc1C(F)(F)F. The summed E-state index contributed by atoms with van der Waals surface area (Å²) < 4.78 is 170. The zero-order chi connectivity index (χ0) is 30.4. The molecule has 4 aromatic rings. The number of hydrogen-bond donors (Lipinski definition) is 0. The first-order chi connectivity index (χ1) is 18.9. The lowest BCUT2D eigenvalue weighted by Crippen LogP contribution is -2.21. The maximum Gasteiger partial charge on any atom is 0.416 e. The van der Waals surface area contributed by atoms with Crippen molar-refractivity contribution in [3.63, 3.8) is 0 Å². The van der Waals surface area contributed by atoms with E-state index in [-0.39, 0.29) is 11.1 Å². The fourth-order valence-corrected chi connectivity index (χ4v) is 4.51. The molecular weight excluding hydrogens is 576 g/mol. The molecule has 0 aliphatic heterocycles. The van der Waals surface area contributed by atoms with E-state index in [0.29, 0.717) is 24.3 Å². The maximum atomic E-state index is 14.2. The molecule has 12 heteroatoms. The smallest absolute Gasteiger partial charge is 0.166 e. The summed E-state index contributed by atoms with van der Waals surface area (Å²) >= 11 is 0. The Kier molecular flexibility index (Phi) is 7.66. The first kappa shape index (κ1) is 30.0. The molecule has 0 bridgehead atoms. The van der Waals surface area contributed by atoms with Gasteiger partial charge in [0.1, 0.15) is 0 Å². The molecule has 0 aliphatic carbocycles. The van der Waals surface area contributed by atoms with Crippen molar-refractivity contribution in [1.29, 1.82) is 0 Å². The van der Waals surface area contributed by atoms with E-state index in [0.717, 1.165) is 0 Å². The first-order valence-corrected chi connectivity index (χ1v) is 11.6. The van der Waals surface area contributed by atoms with Crippen molar-refractivity contribution in [2.24, 2.45) is 0 Å². The van der Waals surface area contributed by atoms with E-state index >= 15 is 0 Å². The van der Waals surface area contributed by atoms with Gasteiger partial charge in [-0.3, -0.25) is 0 Å². The average molecular weight is 592 g/mol. The predicted molar refractivity (Wildman–Crippen MR) is 127 cm³/mol. The summed E-state index contributed by atoms with van der Waals surface area (Å²) in [5.41, 5.74) is -12.8. The van der Waals surface area contributed by atoms with Gasteiger partial charge in [0.2, 0.25) is 0 Å². The molecule has 41 heavy (non-hydrogen) atoms. The van der Waals surface area contributed by atoms with Crippen LogP contribution < -0.4 is 0 Å². The summed E-state index contributed by atoms with van der Waals surface area (Å²) in [6.45, 7) is 0. The van der Waals surface area contributed by atoms with Gasteiger partial charge >= 0.3 is 24.7 Å². The van der Waals surface area contributed by atoms with Crippen LogP contribution >= 0.6 is 0 Å². The molecule has 4 aromatic carbocycles. The number of alkyl halides is 12. The third-order valence-electron chi connectivity index (χ3n) is 6.29. The number of benzene rings is 4. The fourth-order valence-electron chi connectivity index (χ4n) is 4.51. The maximum absolute atomic E-state index is 14.2. The normalized spacial score (nSPS) is 13.0. The van der Waals surface area contributed by atoms with E-state index in [1.165, 1.54) is 60.7 Å². The van der Waals surface area contributed by atoms with Crippen LogP contribution in [0, 0.1) is 0 Å². The summed E-state index contributed by atoms with van der Waals surface area (Å²) in [6.07, 6.45) is -24.2. The molecule has 0 amide bonds. The van der Waals surface area contributed by atoms with Crippen LogP contribution in [0.25, 0.3) is 22.3 Å². The van der Waals surface area contributed by atoms with Gasteiger partial charge in [-0.05, 0) is 64.1 Å². The molecule has 0 heterocycles. The fraction of sp³-hybridized carbons (Fsp3) is 0.172. The van der Waals surface area contributed by atoms with Crippen LogP contribution in [0.1, 0.15) is 33.4 Å². The van der Waals surface area contributed by atoms with Crippen LogP contribution in [0.15, 0.2) is 84.9 Å². The van der Waals surface area contributed by atoms with Crippen molar-refractivity contribution in [3.8, 4) is 22.3 Å². The Morgan fingerprint density at radius 1 is 0.341 bits per heavy atom. The highest BCUT2D eigenvalue weighted by Gasteiger charge is 2.45. The Balaban J connectivity index is 2.08. The average Bonchev–Trinajstić information content (AvgIpc) is 2.87. The number of halogens is 12. The monoisotopic (exact) mass is 592 g/mol. The molecular formula is C29H16F12. The standard InChI is InChI=1S/C29H16F12/c30-26(31,32)22-11-18(16-7-3-1-4-8-16)12-23(27(33,34)35)20(22)15-21-24(28(36,37)38)13-19(14-25(21)29(39,40)41)17-9-5-2-6-10-17/h1-14H,15H2. The molecule has 0 spiro atoms. The van der Waals surface area contributed by atoms with Gasteiger partial charge in [0.15, 0.2) is 0 Å². The highest BCUT2D eigenvalue weighted by molar-refractivity contribution is 5.69. The van der Waals surface area contributed by atoms with Crippen LogP contribution in [-0.2, 0) is 31.1 Å². The Morgan fingerprint density at radius 2 is 0.585 bits per heavy atom. The van der Waals surface area contributed by atoms with Crippen LogP contribution in [0.2, 0.25) is 0 Å². The minimum atomic E-state index is -5.55. The lowest BCUT2D eigenvalue weighted by atomic mass is 9.85. The van der Waals surface area contributed by atoms with E-state index in [1.54, 1.807) is 0 Å². The summed E-state index contributed by atoms with van der Waals surface area (Å²) in [6, 6.07) is 14.2. The van der Waals surface area contributed by atoms with Gasteiger partial charge in [-0.1, -0.05) is 60.7 Å². The lowest BCUT2D eigenvalue weighted by molar-refractivity contribution is -0.144. The second-order valence-corrected chi connectivity index (χ2v) is 9.00. The molecule has 0 atom stereocenters. The highest BCUT2D eigenvalue weighted by Crippen LogP contribution is 2.47. The largest absolute Gasteiger partial charge is 0.416 e. The summed E-state index contributed by atoms with van der Waals surface area (Å²) in [5.74, 6) is 0. The minimum absolute atomic E-state index is 0.0748. The molecule has 216 valence electrons. The van der Waals surface area contributed by atoms with Gasteiger partial charge < -0.3 is 0 Å². The molecule has 4 rings (SSSR count). The van der Waals surface area contributed by atoms with E-state index in [1.807, 2.05) is 0 Å². The zero-order valence-corrected chi connectivity index (χ0v) is 20.3. The minimum Gasteiger partial charge on any atom is -0.166 e. The van der Waals surface area contributed by atoms with Crippen molar-refractivity contribution in [2.75, 3.05) is 0 Å². The Bertz CT molecular complexity index is 1340. The van der Waals surface area contributed by atoms with Gasteiger partial charge in [-0.25, -0.2) is 0 Å². The van der Waals surface area contributed by atoms with Crippen LogP contribution in [0.5, 0.6) is 0 Å². The highest BCUT2D eigenvalue weighted by atomic mass is 19.4. The summed E-state index contributed by atoms with van der Waals surface area (Å²) in [7, 11) is 0. The van der Waals surface area contributed by atoms with Crippen LogP contribution in [-0.4, -0.2) is 0 Å². The van der Waals surface area contributed by atoms with Gasteiger partial charge in [0.05, 0.1) is 22.3 Å². The molecule has 0 aliphatic rings. The van der Waals surface area contributed by atoms with Gasteiger partial charge in [0, 0.05) is 0 Å². The Morgan fingerprint density at radius 3 is 0.805 bits per heavy atom. The molecule has 0 radical (unpaired) electrons. The molecule has 0 nitrogen and oxygen atoms in total. The second-order valence-electron chi connectivity index (χ2n) is 9.00. The lowest BCUT2D eigenvalue weighted by Gasteiger charge is -2.25. The van der Waals surface area contributed by atoms with E-state index in [4.69, 9.17) is 0 Å². The quantitative estimate of drug-likeness (QED) is 0.207. The number of hydrogen-bond acceptors (Lipinski definition) is 0. The van der Waals surface area contributed by atoms with Gasteiger partial charge in [-0.15, -0.1) is 0 Å². The topological polar surface area (TPSA) is 0 Å². The second kappa shape index (κ2) is 10.5. The zero-order valence-electron chi connectivity index (χ0n) is 20.3. The van der Waals surface area contributed by atoms with Crippen molar-refractivity contribution >= 4 is 0 Å². The van der Waals surface area contributed by atoms with Crippen LogP contribution in [0.4, 0.5) is 52.7 Å². The van der Waals surface area contributed by atoms with Crippen LogP contribution in [0.3, 0.4) is 0 Å². The third kappa shape index (κ3) is 6.52. The number of rotatable bonds is 4. The Hall–Kier alpha value is -3.96.